The van der Waals surface area contributed by atoms with E-state index in [1.165, 1.54) is 0 Å². The van der Waals surface area contributed by atoms with Crippen LogP contribution in [-0.4, -0.2) is 99.0 Å². The van der Waals surface area contributed by atoms with Crippen molar-refractivity contribution in [1.29, 1.82) is 0 Å². The molecule has 1 unspecified atom stereocenters. The molecule has 358 valence electrons. The van der Waals surface area contributed by atoms with Crippen LogP contribution in [0.5, 0.6) is 17.2 Å². The maximum absolute atomic E-state index is 10.6. The number of thiazole rings is 3. The number of hydrogen-bond donors (Lipinski definition) is 4. The molecule has 0 aliphatic carbocycles. The first kappa shape index (κ1) is 49.5. The topological polar surface area (TPSA) is 177 Å². The van der Waals surface area contributed by atoms with Crippen molar-refractivity contribution in [2.75, 3.05) is 83.1 Å². The molecule has 18 heteroatoms. The molecule has 0 saturated carbocycles. The number of aliphatic hydroxyl groups excluding tert-OH is 1. The molecule has 5 N–H and O–H groups in total. The van der Waals surface area contributed by atoms with E-state index in [1.54, 1.807) is 55.3 Å². The lowest BCUT2D eigenvalue weighted by molar-refractivity contribution is 0.0511. The zero-order valence-electron chi connectivity index (χ0n) is 38.1. The monoisotopic (exact) mass is 1050 g/mol. The number of halogens is 1. The molecule has 0 radical (unpaired) electrons. The first-order chi connectivity index (χ1) is 33.8. The second-order valence-electron chi connectivity index (χ2n) is 15.4. The third-order valence-corrected chi connectivity index (χ3v) is 14.1. The standard InChI is InChI=1S/C33H32N4O5S2.C15H14N2O2S.C3H5BrO/c1-39-19-41-26-11-13-28-30(15-26)43-32(36-28)21-3-7-23(8-4-21)34-17-25(38)18-35-24-9-5-22(6-10-24)33-37-29-14-12-27(42-20-40-2)16-31(29)44-33;1-18-9-19-12-6-7-13-14(8-12)20-15(17-13)10-2-4-11(16)5-3-10;4-1-3-2-5-3/h3-16,25,34-35,38H,17-20H2,1-2H3;2-8H,9,16H2,1H3;3H,1-2H2. The van der Waals surface area contributed by atoms with Crippen LogP contribution in [-0.2, 0) is 18.9 Å². The molecule has 69 heavy (non-hydrogen) atoms. The summed E-state index contributed by atoms with van der Waals surface area (Å²) in [7, 11) is 4.80. The van der Waals surface area contributed by atoms with Crippen LogP contribution in [0, 0.1) is 0 Å². The summed E-state index contributed by atoms with van der Waals surface area (Å²) >= 11 is 8.12. The third kappa shape index (κ3) is 14.1. The zero-order chi connectivity index (χ0) is 48.0. The van der Waals surface area contributed by atoms with Gasteiger partial charge in [-0.05, 0) is 127 Å². The van der Waals surface area contributed by atoms with Gasteiger partial charge in [-0.25, -0.2) is 15.0 Å². The average Bonchev–Trinajstić information content (AvgIpc) is 3.75. The van der Waals surface area contributed by atoms with Gasteiger partial charge in [-0.2, -0.15) is 0 Å². The first-order valence-electron chi connectivity index (χ1n) is 21.7. The Morgan fingerprint density at radius 2 is 0.928 bits per heavy atom. The molecule has 1 aliphatic heterocycles. The van der Waals surface area contributed by atoms with Gasteiger partial charge in [0.1, 0.15) is 32.3 Å². The Labute approximate surface area is 420 Å². The number of aliphatic hydroxyl groups is 1. The van der Waals surface area contributed by atoms with Crippen LogP contribution in [0.25, 0.3) is 62.4 Å². The van der Waals surface area contributed by atoms with Gasteiger partial charge in [0.25, 0.3) is 0 Å². The Morgan fingerprint density at radius 3 is 1.23 bits per heavy atom. The van der Waals surface area contributed by atoms with Gasteiger partial charge in [-0.15, -0.1) is 34.0 Å². The predicted molar refractivity (Wildman–Crippen MR) is 284 cm³/mol. The van der Waals surface area contributed by atoms with Gasteiger partial charge in [0.05, 0.1) is 49.5 Å². The van der Waals surface area contributed by atoms with E-state index in [2.05, 4.69) is 31.5 Å². The van der Waals surface area contributed by atoms with E-state index < -0.39 is 6.10 Å². The number of benzene rings is 6. The summed E-state index contributed by atoms with van der Waals surface area (Å²) in [5.41, 5.74) is 14.3. The van der Waals surface area contributed by atoms with Crippen molar-refractivity contribution in [3.63, 3.8) is 0 Å². The number of anilines is 3. The van der Waals surface area contributed by atoms with E-state index in [9.17, 15) is 5.11 Å². The van der Waals surface area contributed by atoms with Crippen molar-refractivity contribution in [3.8, 4) is 49.0 Å². The number of nitrogens with one attached hydrogen (secondary N) is 2. The number of aromatic nitrogens is 3. The van der Waals surface area contributed by atoms with Crippen LogP contribution >= 0.6 is 49.9 Å². The van der Waals surface area contributed by atoms with E-state index in [4.69, 9.17) is 48.9 Å². The molecule has 1 fully saturated rings. The number of fused-ring (bicyclic) bond motifs is 3. The summed E-state index contributed by atoms with van der Waals surface area (Å²) in [5.74, 6) is 2.30. The Bertz CT molecular complexity index is 2890. The summed E-state index contributed by atoms with van der Waals surface area (Å²) in [4.78, 5) is 14.1. The Kier molecular flexibility index (Phi) is 17.6. The van der Waals surface area contributed by atoms with E-state index in [1.807, 2.05) is 127 Å². The SMILES string of the molecule is BrCC1CO1.COCOc1ccc2nc(-c3ccc(N)cc3)sc2c1.COCOc1ccc2nc(-c3ccc(NCC(O)CNc4ccc(-c5nc6ccc(OCOC)cc6s5)cc4)cc3)sc2c1. The minimum absolute atomic E-state index is 0.212. The molecule has 4 heterocycles. The number of alkyl halides is 1. The number of ether oxygens (including phenoxy) is 7. The first-order valence-corrected chi connectivity index (χ1v) is 25.3. The number of rotatable bonds is 19. The highest BCUT2D eigenvalue weighted by Crippen LogP contribution is 2.35. The lowest BCUT2D eigenvalue weighted by Crippen LogP contribution is -2.27. The zero-order valence-corrected chi connectivity index (χ0v) is 42.1. The van der Waals surface area contributed by atoms with Gasteiger partial charge in [0.15, 0.2) is 20.4 Å². The molecule has 14 nitrogen and oxygen atoms in total. The van der Waals surface area contributed by atoms with E-state index in [0.717, 1.165) is 109 Å². The average molecular weight is 1050 g/mol. The number of nitrogens with zero attached hydrogens (tertiary/aromatic N) is 3. The van der Waals surface area contributed by atoms with Crippen molar-refractivity contribution in [2.24, 2.45) is 0 Å². The largest absolute Gasteiger partial charge is 0.468 e. The quantitative estimate of drug-likeness (QED) is 0.0260. The van der Waals surface area contributed by atoms with Crippen LogP contribution in [0.1, 0.15) is 0 Å². The molecule has 0 bridgehead atoms. The normalized spacial score (nSPS) is 12.9. The minimum atomic E-state index is -0.577. The number of nitrogen functional groups attached to an aromatic ring is 1. The molecular weight excluding hydrogens is 1000 g/mol. The van der Waals surface area contributed by atoms with Crippen LogP contribution in [0.3, 0.4) is 0 Å². The fraction of sp³-hybridized carbons (Fsp3) is 0.235. The maximum Gasteiger partial charge on any atom is 0.188 e. The molecule has 1 saturated heterocycles. The van der Waals surface area contributed by atoms with Crippen molar-refractivity contribution in [3.05, 3.63) is 127 Å². The van der Waals surface area contributed by atoms with Gasteiger partial charge in [-0.3, -0.25) is 0 Å². The summed E-state index contributed by atoms with van der Waals surface area (Å²) in [5, 5.41) is 21.1. The molecular formula is C51H51BrN6O8S3. The highest BCUT2D eigenvalue weighted by molar-refractivity contribution is 9.09. The lowest BCUT2D eigenvalue weighted by atomic mass is 10.2. The van der Waals surface area contributed by atoms with Gasteiger partial charge in [0, 0.05) is 73.5 Å². The molecule has 0 spiro atoms. The maximum atomic E-state index is 10.6. The van der Waals surface area contributed by atoms with E-state index in [0.29, 0.717) is 19.2 Å². The molecule has 1 atom stereocenters. The highest BCUT2D eigenvalue weighted by atomic mass is 79.9. The van der Waals surface area contributed by atoms with Crippen LogP contribution in [0.4, 0.5) is 17.1 Å². The van der Waals surface area contributed by atoms with Gasteiger partial charge in [0.2, 0.25) is 0 Å². The molecule has 3 aromatic heterocycles. The van der Waals surface area contributed by atoms with Crippen LogP contribution < -0.4 is 30.6 Å². The van der Waals surface area contributed by atoms with Gasteiger partial charge < -0.3 is 54.6 Å². The minimum Gasteiger partial charge on any atom is -0.468 e. The van der Waals surface area contributed by atoms with E-state index in [-0.39, 0.29) is 20.4 Å². The Hall–Kier alpha value is -5.93. The van der Waals surface area contributed by atoms with Crippen molar-refractivity contribution < 1.29 is 38.3 Å². The second-order valence-corrected chi connectivity index (χ2v) is 19.1. The summed E-state index contributed by atoms with van der Waals surface area (Å²) < 4.78 is 39.4. The number of epoxide rings is 1. The smallest absolute Gasteiger partial charge is 0.188 e. The Balaban J connectivity index is 0.000000210. The number of nitrogens with two attached hydrogens (primary N) is 1. The number of methoxy groups -OCH3 is 3. The molecule has 1 aliphatic rings. The molecule has 10 rings (SSSR count). The van der Waals surface area contributed by atoms with Gasteiger partial charge in [-0.1, -0.05) is 15.9 Å². The lowest BCUT2D eigenvalue weighted by Gasteiger charge is -2.15. The summed E-state index contributed by atoms with van der Waals surface area (Å²) in [6, 6.07) is 41.4. The van der Waals surface area contributed by atoms with Crippen molar-refractivity contribution in [2.45, 2.75) is 12.2 Å². The fourth-order valence-corrected chi connectivity index (χ4v) is 9.90. The highest BCUT2D eigenvalue weighted by Gasteiger charge is 2.19. The number of hydrogen-bond acceptors (Lipinski definition) is 17. The fourth-order valence-electron chi connectivity index (χ4n) is 6.52. The predicted octanol–water partition coefficient (Wildman–Crippen LogP) is 11.4. The Morgan fingerprint density at radius 1 is 0.580 bits per heavy atom. The summed E-state index contributed by atoms with van der Waals surface area (Å²) in [6.07, 6.45) is -0.0260. The van der Waals surface area contributed by atoms with Crippen LogP contribution in [0.2, 0.25) is 0 Å². The van der Waals surface area contributed by atoms with E-state index >= 15 is 0 Å². The molecule has 0 amide bonds. The van der Waals surface area contributed by atoms with Crippen molar-refractivity contribution in [1.82, 2.24) is 15.0 Å². The third-order valence-electron chi connectivity index (χ3n) is 10.2. The van der Waals surface area contributed by atoms with Gasteiger partial charge >= 0.3 is 0 Å². The molecule has 6 aromatic carbocycles. The molecule has 9 aromatic rings. The van der Waals surface area contributed by atoms with Crippen molar-refractivity contribution >= 4 is 97.7 Å². The summed E-state index contributed by atoms with van der Waals surface area (Å²) in [6.45, 7) is 2.46. The second kappa shape index (κ2) is 24.6. The van der Waals surface area contributed by atoms with Crippen LogP contribution in [0.15, 0.2) is 127 Å².